The third-order valence-electron chi connectivity index (χ3n) is 3.62. The number of amides is 1. The van der Waals surface area contributed by atoms with Gasteiger partial charge in [-0.25, -0.2) is 0 Å². The van der Waals surface area contributed by atoms with Crippen molar-refractivity contribution >= 4 is 17.7 Å². The highest BCUT2D eigenvalue weighted by Crippen LogP contribution is 2.22. The van der Waals surface area contributed by atoms with Crippen molar-refractivity contribution in [1.29, 1.82) is 0 Å². The number of thioether (sulfide) groups is 1. The molecule has 2 rings (SSSR count). The first-order valence-electron chi connectivity index (χ1n) is 6.62. The Morgan fingerprint density at radius 1 is 1.58 bits per heavy atom. The van der Waals surface area contributed by atoms with Gasteiger partial charge >= 0.3 is 0 Å². The number of hydrogen-bond acceptors (Lipinski definition) is 5. The van der Waals surface area contributed by atoms with Crippen LogP contribution in [0.4, 0.5) is 0 Å². The summed E-state index contributed by atoms with van der Waals surface area (Å²) in [7, 11) is 0. The van der Waals surface area contributed by atoms with Crippen LogP contribution in [0, 0.1) is 13.8 Å². The van der Waals surface area contributed by atoms with E-state index in [1.54, 1.807) is 11.8 Å². The predicted octanol–water partition coefficient (Wildman–Crippen LogP) is 1.47. The van der Waals surface area contributed by atoms with Crippen LogP contribution in [-0.4, -0.2) is 40.8 Å². The lowest BCUT2D eigenvalue weighted by Gasteiger charge is -2.23. The smallest absolute Gasteiger partial charge is 0.232 e. The van der Waals surface area contributed by atoms with Crippen molar-refractivity contribution in [1.82, 2.24) is 10.1 Å². The van der Waals surface area contributed by atoms with E-state index in [9.17, 15) is 4.79 Å². The number of nitrogens with zero attached hydrogens (tertiary/aromatic N) is 2. The largest absolute Gasteiger partial charge is 0.361 e. The van der Waals surface area contributed by atoms with Crippen molar-refractivity contribution in [3.8, 4) is 0 Å². The molecule has 6 heteroatoms. The Labute approximate surface area is 117 Å². The third kappa shape index (κ3) is 3.30. The molecule has 1 aliphatic rings. The van der Waals surface area contributed by atoms with Gasteiger partial charge in [-0.1, -0.05) is 5.16 Å². The summed E-state index contributed by atoms with van der Waals surface area (Å²) in [4.78, 5) is 14.1. The van der Waals surface area contributed by atoms with Gasteiger partial charge in [-0.2, -0.15) is 0 Å². The molecule has 0 spiro atoms. The van der Waals surface area contributed by atoms with Gasteiger partial charge in [0.15, 0.2) is 0 Å². The maximum absolute atomic E-state index is 12.1. The summed E-state index contributed by atoms with van der Waals surface area (Å²) in [6.45, 7) is 5.26. The van der Waals surface area contributed by atoms with Crippen LogP contribution in [-0.2, 0) is 10.5 Å². The average Bonchev–Trinajstić information content (AvgIpc) is 2.99. The van der Waals surface area contributed by atoms with Crippen LogP contribution in [0.15, 0.2) is 4.52 Å². The number of rotatable bonds is 5. The molecule has 2 N–H and O–H groups in total. The minimum atomic E-state index is 0.199. The van der Waals surface area contributed by atoms with Crippen LogP contribution in [0.2, 0.25) is 0 Å². The Hall–Kier alpha value is -1.01. The average molecular weight is 283 g/mol. The zero-order valence-electron chi connectivity index (χ0n) is 11.5. The predicted molar refractivity (Wildman–Crippen MR) is 75.9 cm³/mol. The van der Waals surface area contributed by atoms with Gasteiger partial charge in [0.1, 0.15) is 5.76 Å². The summed E-state index contributed by atoms with van der Waals surface area (Å²) < 4.78 is 5.11. The van der Waals surface area contributed by atoms with Gasteiger partial charge in [-0.15, -0.1) is 11.8 Å². The van der Waals surface area contributed by atoms with Crippen molar-refractivity contribution in [2.75, 3.05) is 18.8 Å². The molecule has 1 atom stereocenters. The van der Waals surface area contributed by atoms with Gasteiger partial charge < -0.3 is 15.2 Å². The fourth-order valence-electron chi connectivity index (χ4n) is 2.44. The number of carbonyl (C=O) groups excluding carboxylic acids is 1. The molecular formula is C13H21N3O2S. The Morgan fingerprint density at radius 3 is 3.00 bits per heavy atom. The number of aryl methyl sites for hydroxylation is 2. The molecule has 1 aromatic rings. The highest BCUT2D eigenvalue weighted by Gasteiger charge is 2.27. The first-order valence-corrected chi connectivity index (χ1v) is 7.78. The topological polar surface area (TPSA) is 72.4 Å². The fourth-order valence-corrected chi connectivity index (χ4v) is 3.50. The molecule has 1 saturated heterocycles. The van der Waals surface area contributed by atoms with Gasteiger partial charge in [-0.3, -0.25) is 4.79 Å². The standard InChI is InChI=1S/C13H21N3O2S/c1-9-12(10(2)18-15-9)7-19-8-13(17)16-5-3-4-11(16)6-14/h11H,3-8,14H2,1-2H3. The SMILES string of the molecule is Cc1noc(C)c1CSCC(=O)N1CCCC1CN. The van der Waals surface area contributed by atoms with E-state index in [0.717, 1.165) is 42.2 Å². The van der Waals surface area contributed by atoms with Gasteiger partial charge in [0, 0.05) is 30.4 Å². The van der Waals surface area contributed by atoms with Crippen LogP contribution in [0.5, 0.6) is 0 Å². The molecule has 0 aliphatic carbocycles. The van der Waals surface area contributed by atoms with E-state index in [2.05, 4.69) is 5.16 Å². The quantitative estimate of drug-likeness (QED) is 0.886. The van der Waals surface area contributed by atoms with Crippen LogP contribution < -0.4 is 5.73 Å². The second kappa shape index (κ2) is 6.43. The van der Waals surface area contributed by atoms with Gasteiger partial charge in [0.05, 0.1) is 11.4 Å². The first-order chi connectivity index (χ1) is 9.13. The van der Waals surface area contributed by atoms with Gasteiger partial charge in [-0.05, 0) is 26.7 Å². The summed E-state index contributed by atoms with van der Waals surface area (Å²) in [5, 5.41) is 3.92. The number of aromatic nitrogens is 1. The summed E-state index contributed by atoms with van der Waals surface area (Å²) in [6.07, 6.45) is 2.11. The number of nitrogens with two attached hydrogens (primary N) is 1. The molecule has 1 fully saturated rings. The maximum atomic E-state index is 12.1. The van der Waals surface area contributed by atoms with Crippen molar-refractivity contribution in [3.63, 3.8) is 0 Å². The highest BCUT2D eigenvalue weighted by atomic mass is 32.2. The van der Waals surface area contributed by atoms with Crippen molar-refractivity contribution in [2.24, 2.45) is 5.73 Å². The van der Waals surface area contributed by atoms with Crippen LogP contribution in [0.1, 0.15) is 29.9 Å². The Kier molecular flexibility index (Phi) is 4.87. The maximum Gasteiger partial charge on any atom is 0.232 e. The molecule has 5 nitrogen and oxygen atoms in total. The molecule has 1 aromatic heterocycles. The van der Waals surface area contributed by atoms with Crippen LogP contribution >= 0.6 is 11.8 Å². The van der Waals surface area contributed by atoms with Crippen molar-refractivity contribution < 1.29 is 9.32 Å². The summed E-state index contributed by atoms with van der Waals surface area (Å²) >= 11 is 1.61. The van der Waals surface area contributed by atoms with E-state index in [-0.39, 0.29) is 11.9 Å². The van der Waals surface area contributed by atoms with Crippen LogP contribution in [0.25, 0.3) is 0 Å². The lowest BCUT2D eigenvalue weighted by atomic mass is 10.2. The lowest BCUT2D eigenvalue weighted by molar-refractivity contribution is -0.128. The zero-order chi connectivity index (χ0) is 13.8. The fraction of sp³-hybridized carbons (Fsp3) is 0.692. The molecular weight excluding hydrogens is 262 g/mol. The molecule has 0 saturated carbocycles. The third-order valence-corrected chi connectivity index (χ3v) is 4.57. The number of carbonyl (C=O) groups is 1. The van der Waals surface area contributed by atoms with E-state index in [4.69, 9.17) is 10.3 Å². The zero-order valence-corrected chi connectivity index (χ0v) is 12.3. The Morgan fingerprint density at radius 2 is 2.37 bits per heavy atom. The lowest BCUT2D eigenvalue weighted by Crippen LogP contribution is -2.40. The number of likely N-dealkylation sites (tertiary alicyclic amines) is 1. The first kappa shape index (κ1) is 14.4. The molecule has 0 aromatic carbocycles. The van der Waals surface area contributed by atoms with Gasteiger partial charge in [0.25, 0.3) is 0 Å². The minimum absolute atomic E-state index is 0.199. The van der Waals surface area contributed by atoms with Crippen LogP contribution in [0.3, 0.4) is 0 Å². The van der Waals surface area contributed by atoms with E-state index < -0.39 is 0 Å². The molecule has 1 aliphatic heterocycles. The molecule has 19 heavy (non-hydrogen) atoms. The van der Waals surface area contributed by atoms with E-state index in [1.807, 2.05) is 18.7 Å². The molecule has 0 radical (unpaired) electrons. The molecule has 1 unspecified atom stereocenters. The Bertz CT molecular complexity index is 428. The van der Waals surface area contributed by atoms with Crippen molar-refractivity contribution in [3.05, 3.63) is 17.0 Å². The monoisotopic (exact) mass is 283 g/mol. The summed E-state index contributed by atoms with van der Waals surface area (Å²) in [6, 6.07) is 0.243. The molecule has 106 valence electrons. The minimum Gasteiger partial charge on any atom is -0.361 e. The highest BCUT2D eigenvalue weighted by molar-refractivity contribution is 7.99. The van der Waals surface area contributed by atoms with E-state index >= 15 is 0 Å². The molecule has 1 amide bonds. The number of hydrogen-bond donors (Lipinski definition) is 1. The Balaban J connectivity index is 1.81. The van der Waals surface area contributed by atoms with E-state index in [1.165, 1.54) is 0 Å². The van der Waals surface area contributed by atoms with E-state index in [0.29, 0.717) is 12.3 Å². The van der Waals surface area contributed by atoms with Crippen molar-refractivity contribution in [2.45, 2.75) is 38.5 Å². The normalized spacial score (nSPS) is 19.1. The molecule has 2 heterocycles. The summed E-state index contributed by atoms with van der Waals surface area (Å²) in [5.74, 6) is 2.32. The second-order valence-electron chi connectivity index (χ2n) is 4.91. The summed E-state index contributed by atoms with van der Waals surface area (Å²) in [5.41, 5.74) is 7.71. The van der Waals surface area contributed by atoms with Gasteiger partial charge in [0.2, 0.25) is 5.91 Å². The molecule has 0 bridgehead atoms. The second-order valence-corrected chi connectivity index (χ2v) is 5.90.